The highest BCUT2D eigenvalue weighted by molar-refractivity contribution is 5.74. The van der Waals surface area contributed by atoms with Gasteiger partial charge in [-0.2, -0.15) is 0 Å². The summed E-state index contributed by atoms with van der Waals surface area (Å²) in [6.07, 6.45) is 6.10. The molecule has 3 nitrogen and oxygen atoms in total. The highest BCUT2D eigenvalue weighted by Gasteiger charge is 2.51. The lowest BCUT2D eigenvalue weighted by atomic mass is 9.93. The monoisotopic (exact) mass is 196 g/mol. The van der Waals surface area contributed by atoms with Gasteiger partial charge < -0.3 is 10.2 Å². The van der Waals surface area contributed by atoms with E-state index in [1.54, 1.807) is 6.92 Å². The SMILES string of the molecule is CNC1(C2CCCCN2C(C)=O)CC1. The number of rotatable bonds is 2. The van der Waals surface area contributed by atoms with E-state index in [0.717, 1.165) is 6.54 Å². The number of hydrogen-bond acceptors (Lipinski definition) is 2. The molecule has 0 aromatic heterocycles. The van der Waals surface area contributed by atoms with Crippen molar-refractivity contribution in [2.24, 2.45) is 0 Å². The van der Waals surface area contributed by atoms with E-state index in [4.69, 9.17) is 0 Å². The largest absolute Gasteiger partial charge is 0.338 e. The van der Waals surface area contributed by atoms with Crippen LogP contribution in [0.4, 0.5) is 0 Å². The maximum atomic E-state index is 11.5. The van der Waals surface area contributed by atoms with Crippen molar-refractivity contribution in [1.29, 1.82) is 0 Å². The van der Waals surface area contributed by atoms with E-state index < -0.39 is 0 Å². The van der Waals surface area contributed by atoms with Crippen LogP contribution in [-0.2, 0) is 4.79 Å². The lowest BCUT2D eigenvalue weighted by molar-refractivity contribution is -0.133. The van der Waals surface area contributed by atoms with Crippen molar-refractivity contribution in [3.8, 4) is 0 Å². The first-order valence-electron chi connectivity index (χ1n) is 5.66. The van der Waals surface area contributed by atoms with Gasteiger partial charge in [0.25, 0.3) is 0 Å². The van der Waals surface area contributed by atoms with Crippen molar-refractivity contribution in [2.45, 2.75) is 50.6 Å². The Morgan fingerprint density at radius 1 is 1.43 bits per heavy atom. The predicted molar refractivity (Wildman–Crippen MR) is 56.1 cm³/mol. The number of likely N-dealkylation sites (N-methyl/N-ethyl adjacent to an activating group) is 1. The molecule has 1 aliphatic carbocycles. The zero-order chi connectivity index (χ0) is 10.2. The molecule has 80 valence electrons. The predicted octanol–water partition coefficient (Wildman–Crippen LogP) is 1.14. The second-order valence-electron chi connectivity index (χ2n) is 4.63. The summed E-state index contributed by atoms with van der Waals surface area (Å²) < 4.78 is 0. The molecule has 1 heterocycles. The van der Waals surface area contributed by atoms with Gasteiger partial charge in [-0.1, -0.05) is 0 Å². The summed E-state index contributed by atoms with van der Waals surface area (Å²) in [6.45, 7) is 2.66. The van der Waals surface area contributed by atoms with Crippen molar-refractivity contribution in [2.75, 3.05) is 13.6 Å². The van der Waals surface area contributed by atoms with Crippen molar-refractivity contribution >= 4 is 5.91 Å². The van der Waals surface area contributed by atoms with Crippen LogP contribution in [-0.4, -0.2) is 36.0 Å². The minimum absolute atomic E-state index is 0.247. The molecule has 0 aromatic carbocycles. The minimum Gasteiger partial charge on any atom is -0.338 e. The van der Waals surface area contributed by atoms with E-state index in [0.29, 0.717) is 6.04 Å². The quantitative estimate of drug-likeness (QED) is 0.718. The highest BCUT2D eigenvalue weighted by atomic mass is 16.2. The first-order valence-corrected chi connectivity index (χ1v) is 5.66. The van der Waals surface area contributed by atoms with Gasteiger partial charge in [0.15, 0.2) is 0 Å². The molecule has 0 bridgehead atoms. The normalized spacial score (nSPS) is 30.1. The molecule has 0 spiro atoms. The molecule has 1 unspecified atom stereocenters. The van der Waals surface area contributed by atoms with Crippen molar-refractivity contribution in [3.63, 3.8) is 0 Å². The Hall–Kier alpha value is -0.570. The van der Waals surface area contributed by atoms with E-state index in [1.807, 2.05) is 7.05 Å². The van der Waals surface area contributed by atoms with Crippen molar-refractivity contribution < 1.29 is 4.79 Å². The van der Waals surface area contributed by atoms with Crippen LogP contribution in [0.2, 0.25) is 0 Å². The molecule has 1 saturated carbocycles. The molecule has 1 saturated heterocycles. The molecule has 1 atom stereocenters. The molecule has 0 radical (unpaired) electrons. The molecule has 2 aliphatic rings. The summed E-state index contributed by atoms with van der Waals surface area (Å²) in [4.78, 5) is 13.6. The number of amides is 1. The summed E-state index contributed by atoms with van der Waals surface area (Å²) in [7, 11) is 2.03. The Bertz CT molecular complexity index is 235. The van der Waals surface area contributed by atoms with E-state index in [9.17, 15) is 4.79 Å². The van der Waals surface area contributed by atoms with Crippen molar-refractivity contribution in [3.05, 3.63) is 0 Å². The van der Waals surface area contributed by atoms with Gasteiger partial charge in [-0.05, 0) is 39.2 Å². The third-order valence-electron chi connectivity index (χ3n) is 3.83. The zero-order valence-electron chi connectivity index (χ0n) is 9.18. The van der Waals surface area contributed by atoms with Gasteiger partial charge in [-0.25, -0.2) is 0 Å². The molecular weight excluding hydrogens is 176 g/mol. The summed E-state index contributed by atoms with van der Waals surface area (Å²) in [5, 5.41) is 3.41. The number of piperidine rings is 1. The number of carbonyl (C=O) groups excluding carboxylic acids is 1. The molecule has 1 N–H and O–H groups in total. The van der Waals surface area contributed by atoms with E-state index >= 15 is 0 Å². The summed E-state index contributed by atoms with van der Waals surface area (Å²) in [5.41, 5.74) is 0.270. The van der Waals surface area contributed by atoms with Gasteiger partial charge >= 0.3 is 0 Å². The fourth-order valence-corrected chi connectivity index (χ4v) is 2.77. The first kappa shape index (κ1) is 9.97. The van der Waals surface area contributed by atoms with Crippen LogP contribution in [0.3, 0.4) is 0 Å². The summed E-state index contributed by atoms with van der Waals surface area (Å²) in [5.74, 6) is 0.247. The molecule has 1 amide bonds. The van der Waals surface area contributed by atoms with Crippen LogP contribution < -0.4 is 5.32 Å². The first-order chi connectivity index (χ1) is 6.69. The number of nitrogens with one attached hydrogen (secondary N) is 1. The number of likely N-dealkylation sites (tertiary alicyclic amines) is 1. The third-order valence-corrected chi connectivity index (χ3v) is 3.83. The van der Waals surface area contributed by atoms with Crippen LogP contribution in [0.15, 0.2) is 0 Å². The van der Waals surface area contributed by atoms with E-state index in [2.05, 4.69) is 10.2 Å². The van der Waals surface area contributed by atoms with Crippen LogP contribution in [0.5, 0.6) is 0 Å². The average Bonchev–Trinajstić information content (AvgIpc) is 2.98. The number of nitrogens with zero attached hydrogens (tertiary/aromatic N) is 1. The minimum atomic E-state index is 0.247. The molecule has 14 heavy (non-hydrogen) atoms. The van der Waals surface area contributed by atoms with E-state index in [-0.39, 0.29) is 11.4 Å². The number of carbonyl (C=O) groups is 1. The lowest BCUT2D eigenvalue weighted by Gasteiger charge is -2.40. The zero-order valence-corrected chi connectivity index (χ0v) is 9.18. The Morgan fingerprint density at radius 2 is 2.14 bits per heavy atom. The van der Waals surface area contributed by atoms with Gasteiger partial charge in [0.2, 0.25) is 5.91 Å². The van der Waals surface area contributed by atoms with Gasteiger partial charge in [0.05, 0.1) is 0 Å². The third kappa shape index (κ3) is 1.54. The van der Waals surface area contributed by atoms with Crippen LogP contribution in [0.25, 0.3) is 0 Å². The molecular formula is C11H20N2O. The molecule has 1 aliphatic heterocycles. The van der Waals surface area contributed by atoms with Gasteiger partial charge in [-0.3, -0.25) is 4.79 Å². The van der Waals surface area contributed by atoms with Crippen LogP contribution >= 0.6 is 0 Å². The Balaban J connectivity index is 2.10. The molecule has 3 heteroatoms. The maximum Gasteiger partial charge on any atom is 0.219 e. The van der Waals surface area contributed by atoms with Crippen molar-refractivity contribution in [1.82, 2.24) is 10.2 Å². The summed E-state index contributed by atoms with van der Waals surface area (Å²) >= 11 is 0. The fraction of sp³-hybridized carbons (Fsp3) is 0.909. The average molecular weight is 196 g/mol. The molecule has 2 fully saturated rings. The van der Waals surface area contributed by atoms with Gasteiger partial charge in [0, 0.05) is 25.0 Å². The van der Waals surface area contributed by atoms with E-state index in [1.165, 1.54) is 32.1 Å². The highest BCUT2D eigenvalue weighted by Crippen LogP contribution is 2.43. The second-order valence-corrected chi connectivity index (χ2v) is 4.63. The maximum absolute atomic E-state index is 11.5. The molecule has 0 aromatic rings. The fourth-order valence-electron chi connectivity index (χ4n) is 2.77. The topological polar surface area (TPSA) is 32.3 Å². The van der Waals surface area contributed by atoms with Crippen LogP contribution in [0.1, 0.15) is 39.0 Å². The van der Waals surface area contributed by atoms with Gasteiger partial charge in [-0.15, -0.1) is 0 Å². The van der Waals surface area contributed by atoms with Crippen LogP contribution in [0, 0.1) is 0 Å². The standard InChI is InChI=1S/C11H20N2O/c1-9(14)13-8-4-3-5-10(13)11(12-2)6-7-11/h10,12H,3-8H2,1-2H3. The summed E-state index contributed by atoms with van der Waals surface area (Å²) in [6, 6.07) is 0.457. The van der Waals surface area contributed by atoms with Gasteiger partial charge in [0.1, 0.15) is 0 Å². The lowest BCUT2D eigenvalue weighted by Crippen LogP contribution is -2.54. The Kier molecular flexibility index (Phi) is 2.52. The Labute approximate surface area is 85.8 Å². The second kappa shape index (κ2) is 3.54. The Morgan fingerprint density at radius 3 is 2.64 bits per heavy atom. The smallest absolute Gasteiger partial charge is 0.219 e. The molecule has 2 rings (SSSR count). The number of hydrogen-bond donors (Lipinski definition) is 1.